The zero-order valence-corrected chi connectivity index (χ0v) is 7.97. The second kappa shape index (κ2) is 5.17. The van der Waals surface area contributed by atoms with Gasteiger partial charge in [0.05, 0.1) is 0 Å². The average Bonchev–Trinajstić information content (AvgIpc) is 1.86. The van der Waals surface area contributed by atoms with Crippen molar-refractivity contribution >= 4 is 20.2 Å². The molecule has 0 aromatic rings. The Morgan fingerprint density at radius 1 is 1.45 bits per heavy atom. The van der Waals surface area contributed by atoms with E-state index in [4.69, 9.17) is 15.5 Å². The molecule has 0 saturated heterocycles. The fraction of sp³-hybridized carbons (Fsp3) is 1.00. The fourth-order valence-corrected chi connectivity index (χ4v) is 1.38. The molecule has 0 aliphatic heterocycles. The summed E-state index contributed by atoms with van der Waals surface area (Å²) in [7, 11) is -4.04. The predicted molar refractivity (Wildman–Crippen MR) is 47.7 cm³/mol. The second-order valence-corrected chi connectivity index (χ2v) is 4.66. The molecule has 4 N–H and O–H groups in total. The average molecular weight is 199 g/mol. The van der Waals surface area contributed by atoms with Crippen molar-refractivity contribution in [2.24, 2.45) is 5.73 Å². The van der Waals surface area contributed by atoms with Gasteiger partial charge in [-0.2, -0.15) is 12.6 Å². The van der Waals surface area contributed by atoms with Gasteiger partial charge in [-0.25, -0.2) is 0 Å². The SMILES string of the molecule is NC(CCCCS)P(=O)(O)O. The van der Waals surface area contributed by atoms with Crippen molar-refractivity contribution in [1.29, 1.82) is 0 Å². The van der Waals surface area contributed by atoms with Crippen LogP contribution in [0.1, 0.15) is 19.3 Å². The molecule has 0 aromatic heterocycles. The fourth-order valence-electron chi connectivity index (χ4n) is 0.633. The third-order valence-corrected chi connectivity index (χ3v) is 2.78. The summed E-state index contributed by atoms with van der Waals surface area (Å²) in [5.41, 5.74) is 5.20. The van der Waals surface area contributed by atoms with E-state index in [1.807, 2.05) is 0 Å². The Morgan fingerprint density at radius 2 is 2.00 bits per heavy atom. The van der Waals surface area contributed by atoms with Crippen LogP contribution >= 0.6 is 20.2 Å². The van der Waals surface area contributed by atoms with E-state index in [1.54, 1.807) is 0 Å². The normalized spacial score (nSPS) is 14.9. The third-order valence-electron chi connectivity index (χ3n) is 1.34. The van der Waals surface area contributed by atoms with Gasteiger partial charge in [0.25, 0.3) is 0 Å². The maximum absolute atomic E-state index is 10.5. The molecule has 11 heavy (non-hydrogen) atoms. The van der Waals surface area contributed by atoms with Gasteiger partial charge in [-0.3, -0.25) is 4.57 Å². The molecular weight excluding hydrogens is 185 g/mol. The van der Waals surface area contributed by atoms with Crippen LogP contribution in [0.4, 0.5) is 0 Å². The van der Waals surface area contributed by atoms with Crippen LogP contribution in [0.25, 0.3) is 0 Å². The molecule has 0 fully saturated rings. The Hall–Kier alpha value is 0.460. The number of hydrogen-bond donors (Lipinski definition) is 4. The van der Waals surface area contributed by atoms with Gasteiger partial charge in [0, 0.05) is 0 Å². The lowest BCUT2D eigenvalue weighted by atomic mass is 10.2. The summed E-state index contributed by atoms with van der Waals surface area (Å²) in [6.45, 7) is 0. The Kier molecular flexibility index (Phi) is 5.38. The highest BCUT2D eigenvalue weighted by Crippen LogP contribution is 2.40. The first kappa shape index (κ1) is 11.5. The van der Waals surface area contributed by atoms with Crippen molar-refractivity contribution in [3.8, 4) is 0 Å². The highest BCUT2D eigenvalue weighted by Gasteiger charge is 2.23. The molecule has 0 aliphatic carbocycles. The summed E-state index contributed by atoms with van der Waals surface area (Å²) in [5.74, 6) is -0.268. The molecule has 0 amide bonds. The van der Waals surface area contributed by atoms with E-state index < -0.39 is 13.4 Å². The van der Waals surface area contributed by atoms with Gasteiger partial charge >= 0.3 is 7.60 Å². The minimum atomic E-state index is -4.04. The molecule has 1 atom stereocenters. The van der Waals surface area contributed by atoms with E-state index >= 15 is 0 Å². The highest BCUT2D eigenvalue weighted by atomic mass is 32.1. The zero-order chi connectivity index (χ0) is 8.91. The summed E-state index contributed by atoms with van der Waals surface area (Å²) in [5, 5.41) is 0. The molecule has 1 unspecified atom stereocenters. The predicted octanol–water partition coefficient (Wildman–Crippen LogP) is 0.549. The molecule has 68 valence electrons. The van der Waals surface area contributed by atoms with E-state index in [9.17, 15) is 4.57 Å². The summed E-state index contributed by atoms with van der Waals surface area (Å²) in [6.07, 6.45) is 1.93. The molecule has 0 bridgehead atoms. The van der Waals surface area contributed by atoms with Crippen LogP contribution in [0.3, 0.4) is 0 Å². The summed E-state index contributed by atoms with van der Waals surface area (Å²) in [4.78, 5) is 17.1. The molecule has 0 radical (unpaired) electrons. The van der Waals surface area contributed by atoms with Crippen molar-refractivity contribution in [2.75, 3.05) is 5.75 Å². The Balaban J connectivity index is 3.53. The van der Waals surface area contributed by atoms with Crippen LogP contribution in [-0.2, 0) is 4.57 Å². The smallest absolute Gasteiger partial charge is 0.323 e. The summed E-state index contributed by atoms with van der Waals surface area (Å²) >= 11 is 3.96. The molecule has 6 heteroatoms. The van der Waals surface area contributed by atoms with Crippen LogP contribution < -0.4 is 5.73 Å². The van der Waals surface area contributed by atoms with E-state index in [1.165, 1.54) is 0 Å². The Bertz CT molecular complexity index is 149. The first-order valence-electron chi connectivity index (χ1n) is 3.40. The van der Waals surface area contributed by atoms with Gasteiger partial charge in [-0.15, -0.1) is 0 Å². The van der Waals surface area contributed by atoms with Gasteiger partial charge < -0.3 is 15.5 Å². The Labute approximate surface area is 71.7 Å². The first-order valence-corrected chi connectivity index (χ1v) is 5.71. The van der Waals surface area contributed by atoms with Crippen molar-refractivity contribution in [1.82, 2.24) is 0 Å². The molecule has 0 aromatic carbocycles. The van der Waals surface area contributed by atoms with Gasteiger partial charge in [0.15, 0.2) is 0 Å². The van der Waals surface area contributed by atoms with Gasteiger partial charge in [0.2, 0.25) is 0 Å². The van der Waals surface area contributed by atoms with Crippen molar-refractivity contribution in [2.45, 2.75) is 25.0 Å². The zero-order valence-electron chi connectivity index (χ0n) is 6.18. The van der Waals surface area contributed by atoms with E-state index in [2.05, 4.69) is 12.6 Å². The van der Waals surface area contributed by atoms with Crippen LogP contribution in [0.2, 0.25) is 0 Å². The van der Waals surface area contributed by atoms with Crippen LogP contribution in [0, 0.1) is 0 Å². The molecule has 0 aliphatic rings. The maximum Gasteiger partial charge on any atom is 0.342 e. The number of hydrogen-bond acceptors (Lipinski definition) is 3. The van der Waals surface area contributed by atoms with Crippen LogP contribution in [-0.4, -0.2) is 21.3 Å². The van der Waals surface area contributed by atoms with Gasteiger partial charge in [0.1, 0.15) is 5.78 Å². The molecular formula is C5H14NO3PS. The third kappa shape index (κ3) is 5.70. The van der Waals surface area contributed by atoms with E-state index in [0.717, 1.165) is 18.6 Å². The number of rotatable bonds is 5. The van der Waals surface area contributed by atoms with E-state index in [-0.39, 0.29) is 0 Å². The largest absolute Gasteiger partial charge is 0.342 e. The lowest BCUT2D eigenvalue weighted by Gasteiger charge is -2.11. The lowest BCUT2D eigenvalue weighted by Crippen LogP contribution is -2.19. The van der Waals surface area contributed by atoms with Crippen molar-refractivity contribution < 1.29 is 14.4 Å². The minimum absolute atomic E-state index is 0.366. The quantitative estimate of drug-likeness (QED) is 0.296. The highest BCUT2D eigenvalue weighted by molar-refractivity contribution is 7.80. The van der Waals surface area contributed by atoms with Crippen LogP contribution in [0.5, 0.6) is 0 Å². The van der Waals surface area contributed by atoms with E-state index in [0.29, 0.717) is 6.42 Å². The topological polar surface area (TPSA) is 83.6 Å². The molecule has 0 heterocycles. The van der Waals surface area contributed by atoms with Crippen molar-refractivity contribution in [3.63, 3.8) is 0 Å². The first-order chi connectivity index (χ1) is 4.98. The van der Waals surface area contributed by atoms with Crippen LogP contribution in [0.15, 0.2) is 0 Å². The number of nitrogens with two attached hydrogens (primary N) is 1. The molecule has 4 nitrogen and oxygen atoms in total. The second-order valence-electron chi connectivity index (χ2n) is 2.38. The minimum Gasteiger partial charge on any atom is -0.323 e. The molecule has 0 spiro atoms. The number of thiol groups is 1. The lowest BCUT2D eigenvalue weighted by molar-refractivity contribution is 0.354. The summed E-state index contributed by atoms with van der Waals surface area (Å²) < 4.78 is 10.5. The Morgan fingerprint density at radius 3 is 2.36 bits per heavy atom. The maximum atomic E-state index is 10.5. The molecule has 0 rings (SSSR count). The monoisotopic (exact) mass is 199 g/mol. The summed E-state index contributed by atoms with van der Waals surface area (Å²) in [6, 6.07) is 0. The van der Waals surface area contributed by atoms with Gasteiger partial charge in [-0.1, -0.05) is 6.42 Å². The standard InChI is InChI=1S/C5H14NO3PS/c6-5(10(7,8)9)3-1-2-4-11/h5,11H,1-4,6H2,(H2,7,8,9). The molecule has 0 saturated carbocycles. The van der Waals surface area contributed by atoms with Crippen molar-refractivity contribution in [3.05, 3.63) is 0 Å². The van der Waals surface area contributed by atoms with Gasteiger partial charge in [-0.05, 0) is 18.6 Å². The number of unbranched alkanes of at least 4 members (excludes halogenated alkanes) is 1.